The number of hydrogen-bond donors (Lipinski definition) is 2. The summed E-state index contributed by atoms with van der Waals surface area (Å²) in [6.45, 7) is 9.60. The van der Waals surface area contributed by atoms with Crippen molar-refractivity contribution >= 4 is 25.5 Å². The van der Waals surface area contributed by atoms with E-state index in [0.717, 1.165) is 12.8 Å². The van der Waals surface area contributed by atoms with Crippen molar-refractivity contribution < 1.29 is 9.22 Å². The number of thiol groups is 2. The summed E-state index contributed by atoms with van der Waals surface area (Å²) in [6, 6.07) is 0. The number of unbranched alkanes of at least 4 members (excludes halogenated alkanes) is 2. The third-order valence-electron chi connectivity index (χ3n) is 3.68. The fraction of sp³-hybridized carbons (Fsp3) is 0.706. The van der Waals surface area contributed by atoms with E-state index in [1.54, 1.807) is 0 Å². The van der Waals surface area contributed by atoms with E-state index in [2.05, 4.69) is 60.6 Å². The van der Waals surface area contributed by atoms with E-state index in [1.807, 2.05) is 6.08 Å². The highest BCUT2D eigenvalue weighted by Crippen LogP contribution is 2.29. The zero-order chi connectivity index (χ0) is 15.9. The number of allylic oxidation sites excluding steroid dienone is 2. The molecule has 1 atom stereocenters. The summed E-state index contributed by atoms with van der Waals surface area (Å²) >= 11 is 7.52. The molecule has 0 bridgehead atoms. The molecule has 0 N–H and O–H groups in total. The van der Waals surface area contributed by atoms with Gasteiger partial charge in [-0.15, -0.1) is 18.4 Å². The molecular formula is C17H30O2S2. The van der Waals surface area contributed by atoms with Gasteiger partial charge >= 0.3 is 0 Å². The summed E-state index contributed by atoms with van der Waals surface area (Å²) < 4.78 is 4.15. The van der Waals surface area contributed by atoms with Crippen LogP contribution < -0.4 is 0 Å². The van der Waals surface area contributed by atoms with Crippen molar-refractivity contribution in [2.45, 2.75) is 70.1 Å². The van der Waals surface area contributed by atoms with Gasteiger partial charge in [-0.3, -0.25) is 0 Å². The maximum atomic E-state index is 4.62. The first-order chi connectivity index (χ1) is 10.2. The Labute approximate surface area is 141 Å². The van der Waals surface area contributed by atoms with Gasteiger partial charge in [0.25, 0.3) is 0 Å². The Morgan fingerprint density at radius 2 is 2.00 bits per heavy atom. The molecule has 1 aliphatic rings. The highest BCUT2D eigenvalue weighted by atomic mass is 32.1. The fourth-order valence-corrected chi connectivity index (χ4v) is 2.86. The van der Waals surface area contributed by atoms with Gasteiger partial charge in [0, 0.05) is 12.9 Å². The lowest BCUT2D eigenvalue weighted by Gasteiger charge is -2.21. The third kappa shape index (κ3) is 11.1. The average molecular weight is 331 g/mol. The maximum absolute atomic E-state index is 4.62. The van der Waals surface area contributed by atoms with Gasteiger partial charge in [0.2, 0.25) is 0 Å². The molecule has 1 saturated carbocycles. The molecule has 0 aromatic carbocycles. The summed E-state index contributed by atoms with van der Waals surface area (Å²) in [6.07, 6.45) is 13.1. The normalized spacial score (nSPS) is 16.3. The van der Waals surface area contributed by atoms with Crippen LogP contribution in [0.2, 0.25) is 0 Å². The average Bonchev–Trinajstić information content (AvgIpc) is 2.51. The van der Waals surface area contributed by atoms with E-state index in [4.69, 9.17) is 0 Å². The molecule has 0 aromatic heterocycles. The van der Waals surface area contributed by atoms with E-state index in [-0.39, 0.29) is 5.44 Å². The summed E-state index contributed by atoms with van der Waals surface area (Å²) in [4.78, 5) is 4.62. The lowest BCUT2D eigenvalue weighted by atomic mass is 9.84. The second-order valence-corrected chi connectivity index (χ2v) is 6.02. The van der Waals surface area contributed by atoms with E-state index in [1.165, 1.54) is 50.5 Å². The predicted molar refractivity (Wildman–Crippen MR) is 97.5 cm³/mol. The molecule has 0 amide bonds. The Kier molecular flexibility index (Phi) is 14.7. The van der Waals surface area contributed by atoms with Crippen molar-refractivity contribution in [1.29, 1.82) is 0 Å². The minimum absolute atomic E-state index is 0.135. The molecule has 122 valence electrons. The van der Waals surface area contributed by atoms with Crippen molar-refractivity contribution in [3.8, 4) is 0 Å². The van der Waals surface area contributed by atoms with Crippen LogP contribution in [0.4, 0.5) is 0 Å². The third-order valence-corrected chi connectivity index (χ3v) is 4.11. The SMILES string of the molecule is C=C=C(C=C)C1CCCCC1.CCCCCC(S)OOS. The molecule has 1 fully saturated rings. The largest absolute Gasteiger partial charge is 0.211 e. The highest BCUT2D eigenvalue weighted by Gasteiger charge is 2.14. The van der Waals surface area contributed by atoms with Crippen LogP contribution in [0.5, 0.6) is 0 Å². The Morgan fingerprint density at radius 1 is 1.33 bits per heavy atom. The molecule has 4 heteroatoms. The van der Waals surface area contributed by atoms with Gasteiger partial charge in [0.05, 0.1) is 0 Å². The Morgan fingerprint density at radius 3 is 2.48 bits per heavy atom. The maximum Gasteiger partial charge on any atom is 0.137 e. The second kappa shape index (κ2) is 14.8. The minimum atomic E-state index is -0.135. The molecule has 0 spiro atoms. The molecule has 0 heterocycles. The Bertz CT molecular complexity index is 306. The van der Waals surface area contributed by atoms with Crippen LogP contribution in [0.15, 0.2) is 30.5 Å². The molecule has 21 heavy (non-hydrogen) atoms. The molecule has 1 unspecified atom stereocenters. The van der Waals surface area contributed by atoms with Gasteiger partial charge < -0.3 is 0 Å². The minimum Gasteiger partial charge on any atom is -0.211 e. The van der Waals surface area contributed by atoms with Crippen LogP contribution in [0.1, 0.15) is 64.7 Å². The summed E-state index contributed by atoms with van der Waals surface area (Å²) in [5.74, 6) is 0.707. The van der Waals surface area contributed by atoms with Gasteiger partial charge in [-0.25, -0.2) is 4.89 Å². The molecule has 1 rings (SSSR count). The van der Waals surface area contributed by atoms with Crippen molar-refractivity contribution in [2.24, 2.45) is 5.92 Å². The number of hydrogen-bond acceptors (Lipinski definition) is 4. The lowest BCUT2D eigenvalue weighted by molar-refractivity contribution is -0.201. The molecule has 0 aromatic rings. The Hall–Kier alpha value is -0.120. The van der Waals surface area contributed by atoms with Gasteiger partial charge in [0.1, 0.15) is 5.44 Å². The lowest BCUT2D eigenvalue weighted by Crippen LogP contribution is -2.06. The van der Waals surface area contributed by atoms with E-state index in [9.17, 15) is 0 Å². The van der Waals surface area contributed by atoms with Crippen molar-refractivity contribution in [3.63, 3.8) is 0 Å². The smallest absolute Gasteiger partial charge is 0.137 e. The van der Waals surface area contributed by atoms with E-state index >= 15 is 0 Å². The van der Waals surface area contributed by atoms with Gasteiger partial charge in [-0.1, -0.05) is 58.3 Å². The first-order valence-electron chi connectivity index (χ1n) is 7.86. The van der Waals surface area contributed by atoms with Crippen LogP contribution in [-0.2, 0) is 9.22 Å². The van der Waals surface area contributed by atoms with Gasteiger partial charge in [0.15, 0.2) is 0 Å². The molecule has 2 nitrogen and oxygen atoms in total. The van der Waals surface area contributed by atoms with E-state index in [0.29, 0.717) is 5.92 Å². The standard InChI is InChI=1S/C11H16.C6H14O2S2/c1-3-10(4-2)11-8-6-5-7-9-11;1-2-3-4-5-6(9)7-8-10/h3,11H,1-2,5-9H2;6,9-10H,2-5H2,1H3. The van der Waals surface area contributed by atoms with Crippen LogP contribution >= 0.6 is 25.5 Å². The van der Waals surface area contributed by atoms with Crippen LogP contribution in [-0.4, -0.2) is 5.44 Å². The topological polar surface area (TPSA) is 18.5 Å². The van der Waals surface area contributed by atoms with Crippen molar-refractivity contribution in [2.75, 3.05) is 0 Å². The highest BCUT2D eigenvalue weighted by molar-refractivity contribution is 7.80. The van der Waals surface area contributed by atoms with Crippen molar-refractivity contribution in [1.82, 2.24) is 0 Å². The molecular weight excluding hydrogens is 300 g/mol. The summed E-state index contributed by atoms with van der Waals surface area (Å²) in [7, 11) is 0. The Balaban J connectivity index is 0.000000384. The molecule has 0 aliphatic heterocycles. The molecule has 1 aliphatic carbocycles. The van der Waals surface area contributed by atoms with Gasteiger partial charge in [-0.05, 0) is 37.2 Å². The molecule has 0 radical (unpaired) electrons. The summed E-state index contributed by atoms with van der Waals surface area (Å²) in [5, 5.41) is 0. The predicted octanol–water partition coefficient (Wildman–Crippen LogP) is 6.08. The number of rotatable bonds is 8. The van der Waals surface area contributed by atoms with Gasteiger partial charge in [-0.2, -0.15) is 4.33 Å². The summed E-state index contributed by atoms with van der Waals surface area (Å²) in [5.41, 5.74) is 4.06. The molecule has 0 saturated heterocycles. The van der Waals surface area contributed by atoms with Crippen LogP contribution in [0.3, 0.4) is 0 Å². The first-order valence-corrected chi connectivity index (χ1v) is 8.75. The van der Waals surface area contributed by atoms with Crippen LogP contribution in [0.25, 0.3) is 0 Å². The fourth-order valence-electron chi connectivity index (χ4n) is 2.46. The van der Waals surface area contributed by atoms with Crippen molar-refractivity contribution in [3.05, 3.63) is 30.5 Å². The van der Waals surface area contributed by atoms with Crippen LogP contribution in [0, 0.1) is 5.92 Å². The van der Waals surface area contributed by atoms with E-state index < -0.39 is 0 Å². The zero-order valence-corrected chi connectivity index (χ0v) is 15.0. The quantitative estimate of drug-likeness (QED) is 0.0821. The first kappa shape index (κ1) is 20.9. The monoisotopic (exact) mass is 330 g/mol. The second-order valence-electron chi connectivity index (χ2n) is 5.29. The zero-order valence-electron chi connectivity index (χ0n) is 13.2.